The summed E-state index contributed by atoms with van der Waals surface area (Å²) in [4.78, 5) is 0.286. The molecule has 21 heavy (non-hydrogen) atoms. The molecule has 2 aromatic rings. The van der Waals surface area contributed by atoms with Gasteiger partial charge in [-0.05, 0) is 42.0 Å². The number of rotatable bonds is 5. The van der Waals surface area contributed by atoms with Crippen LogP contribution in [0.2, 0.25) is 0 Å². The zero-order chi connectivity index (χ0) is 15.4. The quantitative estimate of drug-likeness (QED) is 0.813. The molecule has 2 N–H and O–H groups in total. The van der Waals surface area contributed by atoms with Gasteiger partial charge in [0.25, 0.3) is 0 Å². The highest BCUT2D eigenvalue weighted by atomic mass is 79.9. The molecule has 0 amide bonds. The molecule has 0 aliphatic heterocycles. The Balaban J connectivity index is 2.17. The van der Waals surface area contributed by atoms with E-state index in [4.69, 9.17) is 27.4 Å². The van der Waals surface area contributed by atoms with Gasteiger partial charge in [0, 0.05) is 10.0 Å². The highest BCUT2D eigenvalue weighted by Gasteiger charge is 2.08. The number of thiocarbonyl (C=S) groups is 1. The second kappa shape index (κ2) is 6.87. The Hall–Kier alpha value is -1.66. The van der Waals surface area contributed by atoms with Crippen molar-refractivity contribution in [1.29, 1.82) is 0 Å². The number of methoxy groups -OCH3 is 1. The molecule has 0 unspecified atom stereocenters. The topological polar surface area (TPSA) is 44.5 Å². The molecule has 0 heterocycles. The predicted molar refractivity (Wildman–Crippen MR) is 87.3 cm³/mol. The normalized spacial score (nSPS) is 10.2. The molecular formula is C15H13BrFNO2S. The second-order valence-electron chi connectivity index (χ2n) is 4.30. The summed E-state index contributed by atoms with van der Waals surface area (Å²) in [6.45, 7) is 0.221. The van der Waals surface area contributed by atoms with Crippen molar-refractivity contribution in [3.8, 4) is 11.5 Å². The van der Waals surface area contributed by atoms with Crippen molar-refractivity contribution < 1.29 is 13.9 Å². The molecule has 0 fully saturated rings. The van der Waals surface area contributed by atoms with Crippen LogP contribution in [0.5, 0.6) is 11.5 Å². The van der Waals surface area contributed by atoms with Gasteiger partial charge in [-0.3, -0.25) is 0 Å². The molecule has 0 aromatic heterocycles. The summed E-state index contributed by atoms with van der Waals surface area (Å²) >= 11 is 8.16. The minimum atomic E-state index is -0.321. The first kappa shape index (κ1) is 15.7. The molecule has 2 rings (SSSR count). The Morgan fingerprint density at radius 3 is 2.62 bits per heavy atom. The lowest BCUT2D eigenvalue weighted by Gasteiger charge is -2.12. The standard InChI is InChI=1S/C15H13BrFNO2S/c1-19-14-6-10(15(18)21)2-3-13(14)20-8-9-4-11(16)7-12(17)5-9/h2-7H,8H2,1H3,(H2,18,21). The molecule has 0 radical (unpaired) electrons. The summed E-state index contributed by atoms with van der Waals surface area (Å²) in [5.74, 6) is 0.743. The lowest BCUT2D eigenvalue weighted by atomic mass is 10.2. The van der Waals surface area contributed by atoms with Crippen LogP contribution in [0, 0.1) is 5.82 Å². The van der Waals surface area contributed by atoms with Crippen molar-refractivity contribution in [3.05, 3.63) is 57.8 Å². The largest absolute Gasteiger partial charge is 0.493 e. The third-order valence-electron chi connectivity index (χ3n) is 2.76. The Morgan fingerprint density at radius 1 is 1.24 bits per heavy atom. The Bertz CT molecular complexity index is 658. The first-order valence-electron chi connectivity index (χ1n) is 6.05. The van der Waals surface area contributed by atoms with Crippen LogP contribution in [0.3, 0.4) is 0 Å². The van der Waals surface area contributed by atoms with E-state index < -0.39 is 0 Å². The molecule has 0 aliphatic rings. The Morgan fingerprint density at radius 2 is 2.00 bits per heavy atom. The third kappa shape index (κ3) is 4.15. The molecule has 0 bridgehead atoms. The summed E-state index contributed by atoms with van der Waals surface area (Å²) in [5, 5.41) is 0. The van der Waals surface area contributed by atoms with Gasteiger partial charge in [0.1, 0.15) is 17.4 Å². The van der Waals surface area contributed by atoms with Gasteiger partial charge >= 0.3 is 0 Å². The van der Waals surface area contributed by atoms with E-state index in [0.717, 1.165) is 0 Å². The highest BCUT2D eigenvalue weighted by molar-refractivity contribution is 9.10. The maximum absolute atomic E-state index is 13.3. The van der Waals surface area contributed by atoms with Crippen molar-refractivity contribution in [1.82, 2.24) is 0 Å². The van der Waals surface area contributed by atoms with E-state index in [0.29, 0.717) is 27.1 Å². The van der Waals surface area contributed by atoms with Crippen LogP contribution in [-0.2, 0) is 6.61 Å². The highest BCUT2D eigenvalue weighted by Crippen LogP contribution is 2.29. The number of benzene rings is 2. The zero-order valence-corrected chi connectivity index (χ0v) is 13.6. The van der Waals surface area contributed by atoms with E-state index in [1.165, 1.54) is 19.2 Å². The number of nitrogens with two attached hydrogens (primary N) is 1. The number of hydrogen-bond acceptors (Lipinski definition) is 3. The third-order valence-corrected chi connectivity index (χ3v) is 3.46. The first-order chi connectivity index (χ1) is 9.99. The average Bonchev–Trinajstić information content (AvgIpc) is 2.43. The van der Waals surface area contributed by atoms with Crippen LogP contribution in [0.4, 0.5) is 4.39 Å². The van der Waals surface area contributed by atoms with Crippen molar-refractivity contribution in [2.45, 2.75) is 6.61 Å². The number of halogens is 2. The monoisotopic (exact) mass is 369 g/mol. The van der Waals surface area contributed by atoms with Gasteiger partial charge in [-0.1, -0.05) is 28.1 Å². The average molecular weight is 370 g/mol. The molecule has 2 aromatic carbocycles. The van der Waals surface area contributed by atoms with Crippen LogP contribution in [0.1, 0.15) is 11.1 Å². The smallest absolute Gasteiger partial charge is 0.161 e. The fourth-order valence-electron chi connectivity index (χ4n) is 1.80. The van der Waals surface area contributed by atoms with Crippen LogP contribution in [0.25, 0.3) is 0 Å². The van der Waals surface area contributed by atoms with Crippen LogP contribution < -0.4 is 15.2 Å². The molecule has 0 saturated carbocycles. The molecule has 6 heteroatoms. The molecule has 3 nitrogen and oxygen atoms in total. The van der Waals surface area contributed by atoms with Gasteiger partial charge in [-0.25, -0.2) is 4.39 Å². The molecule has 0 saturated heterocycles. The lowest BCUT2D eigenvalue weighted by Crippen LogP contribution is -2.09. The summed E-state index contributed by atoms with van der Waals surface area (Å²) in [7, 11) is 1.53. The predicted octanol–water partition coefficient (Wildman–Crippen LogP) is 3.81. The summed E-state index contributed by atoms with van der Waals surface area (Å²) in [6, 6.07) is 9.78. The molecule has 0 atom stereocenters. The molecule has 110 valence electrons. The fourth-order valence-corrected chi connectivity index (χ4v) is 2.44. The van der Waals surface area contributed by atoms with Gasteiger partial charge < -0.3 is 15.2 Å². The van der Waals surface area contributed by atoms with Crippen molar-refractivity contribution in [3.63, 3.8) is 0 Å². The van der Waals surface area contributed by atoms with Crippen molar-refractivity contribution >= 4 is 33.1 Å². The minimum absolute atomic E-state index is 0.221. The molecule has 0 spiro atoms. The minimum Gasteiger partial charge on any atom is -0.493 e. The van der Waals surface area contributed by atoms with Crippen molar-refractivity contribution in [2.75, 3.05) is 7.11 Å². The van der Waals surface area contributed by atoms with Gasteiger partial charge in [-0.2, -0.15) is 0 Å². The zero-order valence-electron chi connectivity index (χ0n) is 11.2. The second-order valence-corrected chi connectivity index (χ2v) is 5.65. The SMILES string of the molecule is COc1cc(C(N)=S)ccc1OCc1cc(F)cc(Br)c1. The van der Waals surface area contributed by atoms with Gasteiger partial charge in [0.15, 0.2) is 11.5 Å². The summed E-state index contributed by atoms with van der Waals surface area (Å²) in [5.41, 5.74) is 6.98. The van der Waals surface area contributed by atoms with Crippen LogP contribution in [0.15, 0.2) is 40.9 Å². The van der Waals surface area contributed by atoms with Gasteiger partial charge in [0.05, 0.1) is 7.11 Å². The van der Waals surface area contributed by atoms with Crippen molar-refractivity contribution in [2.24, 2.45) is 5.73 Å². The van der Waals surface area contributed by atoms with Gasteiger partial charge in [-0.15, -0.1) is 0 Å². The Kier molecular flexibility index (Phi) is 5.14. The molecular weight excluding hydrogens is 357 g/mol. The van der Waals surface area contributed by atoms with E-state index in [2.05, 4.69) is 15.9 Å². The lowest BCUT2D eigenvalue weighted by molar-refractivity contribution is 0.284. The Labute approximate surface area is 136 Å². The summed E-state index contributed by atoms with van der Waals surface area (Å²) < 4.78 is 24.9. The maximum Gasteiger partial charge on any atom is 0.161 e. The molecule has 0 aliphatic carbocycles. The van der Waals surface area contributed by atoms with Crippen LogP contribution >= 0.6 is 28.1 Å². The number of hydrogen-bond donors (Lipinski definition) is 1. The number of ether oxygens (including phenoxy) is 2. The van der Waals surface area contributed by atoms with E-state index in [9.17, 15) is 4.39 Å². The van der Waals surface area contributed by atoms with E-state index in [1.54, 1.807) is 24.3 Å². The summed E-state index contributed by atoms with van der Waals surface area (Å²) in [6.07, 6.45) is 0. The van der Waals surface area contributed by atoms with E-state index in [1.807, 2.05) is 0 Å². The first-order valence-corrected chi connectivity index (χ1v) is 7.25. The maximum atomic E-state index is 13.3. The fraction of sp³-hybridized carbons (Fsp3) is 0.133. The van der Waals surface area contributed by atoms with Gasteiger partial charge in [0.2, 0.25) is 0 Å². The van der Waals surface area contributed by atoms with E-state index >= 15 is 0 Å². The van der Waals surface area contributed by atoms with E-state index in [-0.39, 0.29) is 17.4 Å². The van der Waals surface area contributed by atoms with Crippen LogP contribution in [-0.4, -0.2) is 12.1 Å².